The number of sulfonamides is 2. The molecule has 0 atom stereocenters. The molecular weight excluding hydrogens is 808 g/mol. The van der Waals surface area contributed by atoms with Crippen LogP contribution in [0, 0.1) is 0 Å². The highest BCUT2D eigenvalue weighted by molar-refractivity contribution is 9.08. The molecule has 2 fully saturated rings. The van der Waals surface area contributed by atoms with Crippen molar-refractivity contribution < 1.29 is 45.4 Å². The third-order valence-electron chi connectivity index (χ3n) is 7.23. The molecule has 54 heavy (non-hydrogen) atoms. The summed E-state index contributed by atoms with van der Waals surface area (Å²) < 4.78 is 68.4. The lowest BCUT2D eigenvalue weighted by Crippen LogP contribution is -2.41. The van der Waals surface area contributed by atoms with Gasteiger partial charge in [0.05, 0.1) is 33.5 Å². The molecule has 19 heteroatoms. The van der Waals surface area contributed by atoms with Crippen molar-refractivity contribution in [3.05, 3.63) is 59.9 Å². The number of nitrogens with one attached hydrogen (secondary N) is 2. The van der Waals surface area contributed by atoms with E-state index in [0.29, 0.717) is 48.2 Å². The van der Waals surface area contributed by atoms with Crippen molar-refractivity contribution in [1.29, 1.82) is 0 Å². The van der Waals surface area contributed by atoms with Gasteiger partial charge in [-0.05, 0) is 18.0 Å². The number of methoxy groups -OCH3 is 1. The van der Waals surface area contributed by atoms with Crippen LogP contribution in [0.15, 0.2) is 58.3 Å². The number of hydrogen-bond donors (Lipinski definition) is 4. The highest BCUT2D eigenvalue weighted by Gasteiger charge is 2.34. The number of para-hydroxylation sites is 2. The van der Waals surface area contributed by atoms with Gasteiger partial charge in [-0.3, -0.25) is 14.4 Å². The fourth-order valence-electron chi connectivity index (χ4n) is 4.95. The lowest BCUT2D eigenvalue weighted by atomic mass is 10.2. The fourth-order valence-corrected chi connectivity index (χ4v) is 8.45. The number of amides is 2. The molecule has 0 spiro atoms. The summed E-state index contributed by atoms with van der Waals surface area (Å²) >= 11 is 2.94. The summed E-state index contributed by atoms with van der Waals surface area (Å²) in [6.07, 6.45) is 0. The van der Waals surface area contributed by atoms with E-state index in [1.54, 1.807) is 48.5 Å². The molecule has 2 amide bonds. The van der Waals surface area contributed by atoms with Crippen molar-refractivity contribution >= 4 is 75.6 Å². The average Bonchev–Trinajstić information content (AvgIpc) is 3.80. The van der Waals surface area contributed by atoms with Gasteiger partial charge < -0.3 is 35.6 Å². The number of aromatic amines is 2. The molecule has 2 aliphatic rings. The second kappa shape index (κ2) is 24.5. The van der Waals surface area contributed by atoms with Gasteiger partial charge in [-0.15, -0.1) is 0 Å². The van der Waals surface area contributed by atoms with Gasteiger partial charge in [0.25, 0.3) is 11.8 Å². The standard InChI is InChI=1S/2C13H15N3O4S.C3H6O2.2C2H6.CH3Br.CH4/c2*14-13(17)11-12(9-3-1-2-4-10(9)15-11)21(18,19)16-5-7-20-8-6-16;1-3(4)5-2;3*1-2;/h2*1-4,15H,5-8H2,(H2,14,17);1-2H3;2*1-2H3;1H3;1H4. The van der Waals surface area contributed by atoms with Gasteiger partial charge >= 0.3 is 5.97 Å². The minimum absolute atomic E-state index is 0. The second-order valence-electron chi connectivity index (χ2n) is 10.2. The molecule has 2 aliphatic heterocycles. The van der Waals surface area contributed by atoms with Crippen molar-refractivity contribution in [2.75, 3.05) is 65.5 Å². The average molecular weight is 864 g/mol. The number of alkyl halides is 1. The van der Waals surface area contributed by atoms with Crippen LogP contribution < -0.4 is 11.5 Å². The van der Waals surface area contributed by atoms with Crippen LogP contribution in [0.5, 0.6) is 0 Å². The van der Waals surface area contributed by atoms with Gasteiger partial charge in [-0.2, -0.15) is 8.61 Å². The largest absolute Gasteiger partial charge is 0.469 e. The molecule has 4 heterocycles. The fraction of sp³-hybridized carbons (Fsp3) is 0.457. The molecular formula is C35H55BrN6O10S2. The number of ether oxygens (including phenoxy) is 3. The number of carbonyl (C=O) groups is 3. The van der Waals surface area contributed by atoms with Gasteiger partial charge in [0.1, 0.15) is 21.2 Å². The van der Waals surface area contributed by atoms with Gasteiger partial charge in [0, 0.05) is 54.9 Å². The van der Waals surface area contributed by atoms with Gasteiger partial charge in [-0.1, -0.05) is 87.4 Å². The van der Waals surface area contributed by atoms with Crippen molar-refractivity contribution in [1.82, 2.24) is 18.6 Å². The minimum atomic E-state index is -3.80. The van der Waals surface area contributed by atoms with E-state index in [0.717, 1.165) is 0 Å². The number of nitrogens with zero attached hydrogens (tertiary/aromatic N) is 2. The number of H-pyrrole nitrogens is 2. The first-order valence-corrected chi connectivity index (χ1v) is 21.2. The molecule has 6 N–H and O–H groups in total. The summed E-state index contributed by atoms with van der Waals surface area (Å²) in [6, 6.07) is 13.7. The van der Waals surface area contributed by atoms with Gasteiger partial charge in [0.15, 0.2) is 0 Å². The molecule has 0 bridgehead atoms. The van der Waals surface area contributed by atoms with E-state index in [9.17, 15) is 31.2 Å². The Bertz CT molecular complexity index is 1850. The Hall–Kier alpha value is -3.85. The van der Waals surface area contributed by atoms with Crippen molar-refractivity contribution in [3.63, 3.8) is 0 Å². The normalized spacial score (nSPS) is 14.3. The predicted octanol–water partition coefficient (Wildman–Crippen LogP) is 4.45. The van der Waals surface area contributed by atoms with Gasteiger partial charge in [-0.25, -0.2) is 16.8 Å². The summed E-state index contributed by atoms with van der Waals surface area (Å²) in [4.78, 5) is 38.3. The van der Waals surface area contributed by atoms with E-state index >= 15 is 0 Å². The molecule has 0 saturated carbocycles. The van der Waals surface area contributed by atoms with Crippen LogP contribution >= 0.6 is 15.9 Å². The smallest absolute Gasteiger partial charge is 0.302 e. The molecule has 0 aliphatic carbocycles. The molecule has 304 valence electrons. The van der Waals surface area contributed by atoms with E-state index in [1.165, 1.54) is 22.6 Å². The number of esters is 1. The predicted molar refractivity (Wildman–Crippen MR) is 215 cm³/mol. The monoisotopic (exact) mass is 862 g/mol. The van der Waals surface area contributed by atoms with Crippen LogP contribution in [0.4, 0.5) is 0 Å². The molecule has 2 saturated heterocycles. The number of fused-ring (bicyclic) bond motifs is 2. The van der Waals surface area contributed by atoms with Crippen LogP contribution in [0.1, 0.15) is 63.0 Å². The number of morpholine rings is 2. The van der Waals surface area contributed by atoms with E-state index in [-0.39, 0.29) is 60.8 Å². The summed E-state index contributed by atoms with van der Waals surface area (Å²) in [5, 5.41) is 0.940. The zero-order valence-electron chi connectivity index (χ0n) is 31.1. The van der Waals surface area contributed by atoms with Crippen LogP contribution in [0.2, 0.25) is 0 Å². The summed E-state index contributed by atoms with van der Waals surface area (Å²) in [5.41, 5.74) is 11.6. The van der Waals surface area contributed by atoms with Crippen molar-refractivity contribution in [2.24, 2.45) is 11.5 Å². The Morgan fingerprint density at radius 1 is 0.667 bits per heavy atom. The first kappa shape index (κ1) is 50.1. The number of nitrogens with two attached hydrogens (primary N) is 2. The Morgan fingerprint density at radius 3 is 1.20 bits per heavy atom. The van der Waals surface area contributed by atoms with Crippen LogP contribution in [-0.2, 0) is 39.1 Å². The number of primary amides is 2. The van der Waals surface area contributed by atoms with Crippen LogP contribution in [0.3, 0.4) is 0 Å². The van der Waals surface area contributed by atoms with E-state index in [1.807, 2.05) is 33.5 Å². The zero-order chi connectivity index (χ0) is 40.4. The SMILES string of the molecule is C.CBr.CC.CC.COC(C)=O.NC(=O)c1[nH]c2ccccc2c1S(=O)(=O)N1CCOCC1.NC(=O)c1[nH]c2ccccc2c1S(=O)(=O)N1CCOCC1. The first-order valence-electron chi connectivity index (χ1n) is 16.7. The number of rotatable bonds is 6. The number of carbonyl (C=O) groups excluding carboxylic acids is 3. The molecule has 0 radical (unpaired) electrons. The number of halogens is 1. The summed E-state index contributed by atoms with van der Waals surface area (Å²) in [6.45, 7) is 11.8. The lowest BCUT2D eigenvalue weighted by molar-refractivity contribution is -0.137. The maximum Gasteiger partial charge on any atom is 0.302 e. The van der Waals surface area contributed by atoms with Crippen LogP contribution in [-0.4, -0.2) is 119 Å². The molecule has 16 nitrogen and oxygen atoms in total. The van der Waals surface area contributed by atoms with Crippen LogP contribution in [0.25, 0.3) is 21.8 Å². The Balaban J connectivity index is 0.000000813. The molecule has 6 rings (SSSR count). The van der Waals surface area contributed by atoms with Gasteiger partial charge in [0.2, 0.25) is 20.0 Å². The Morgan fingerprint density at radius 2 is 0.944 bits per heavy atom. The third kappa shape index (κ3) is 12.6. The highest BCUT2D eigenvalue weighted by atomic mass is 79.9. The quantitative estimate of drug-likeness (QED) is 0.157. The molecule has 0 unspecified atom stereocenters. The molecule has 4 aromatic rings. The topological polar surface area (TPSA) is 237 Å². The second-order valence-corrected chi connectivity index (χ2v) is 14.0. The summed E-state index contributed by atoms with van der Waals surface area (Å²) in [5.74, 6) is -0.0198. The highest BCUT2D eigenvalue weighted by Crippen LogP contribution is 2.31. The maximum atomic E-state index is 12.8. The third-order valence-corrected chi connectivity index (χ3v) is 11.2. The minimum Gasteiger partial charge on any atom is -0.469 e. The van der Waals surface area contributed by atoms with E-state index < -0.39 is 31.9 Å². The van der Waals surface area contributed by atoms with E-state index in [4.69, 9.17) is 20.9 Å². The summed E-state index contributed by atoms with van der Waals surface area (Å²) in [7, 11) is -6.25. The number of benzene rings is 2. The Labute approximate surface area is 327 Å². The lowest BCUT2D eigenvalue weighted by Gasteiger charge is -2.26. The molecule has 2 aromatic heterocycles. The Kier molecular flexibility index (Phi) is 22.8. The maximum absolute atomic E-state index is 12.8. The molecule has 2 aromatic carbocycles. The number of aromatic nitrogens is 2. The first-order chi connectivity index (χ1) is 25.3. The van der Waals surface area contributed by atoms with Crippen molar-refractivity contribution in [2.45, 2.75) is 51.8 Å². The van der Waals surface area contributed by atoms with E-state index in [2.05, 4.69) is 30.6 Å². The number of hydrogen-bond acceptors (Lipinski definition) is 10. The zero-order valence-corrected chi connectivity index (χ0v) is 34.3. The van der Waals surface area contributed by atoms with Crippen molar-refractivity contribution in [3.8, 4) is 0 Å².